The Morgan fingerprint density at radius 2 is 1.74 bits per heavy atom. The van der Waals surface area contributed by atoms with Crippen LogP contribution < -0.4 is 10.1 Å². The van der Waals surface area contributed by atoms with Crippen molar-refractivity contribution in [1.82, 2.24) is 8.61 Å². The molecule has 192 valence electrons. The predicted octanol–water partition coefficient (Wildman–Crippen LogP) is 2.99. The monoisotopic (exact) mass is 523 g/mol. The molecule has 1 fully saturated rings. The van der Waals surface area contributed by atoms with E-state index < -0.39 is 26.0 Å². The maximum absolute atomic E-state index is 13.3. The van der Waals surface area contributed by atoms with Crippen LogP contribution in [0.4, 0.5) is 5.69 Å². The summed E-state index contributed by atoms with van der Waals surface area (Å²) in [5.41, 5.74) is 1.82. The van der Waals surface area contributed by atoms with Crippen molar-refractivity contribution in [3.63, 3.8) is 0 Å². The lowest BCUT2D eigenvalue weighted by molar-refractivity contribution is -0.120. The summed E-state index contributed by atoms with van der Waals surface area (Å²) in [7, 11) is -4.57. The van der Waals surface area contributed by atoms with Gasteiger partial charge in [-0.3, -0.25) is 4.79 Å². The van der Waals surface area contributed by atoms with E-state index in [0.717, 1.165) is 9.87 Å². The molecule has 1 aliphatic rings. The molecule has 2 aromatic rings. The molecule has 3 rings (SSSR count). The first-order valence-corrected chi connectivity index (χ1v) is 14.3. The molecule has 1 amide bonds. The van der Waals surface area contributed by atoms with Gasteiger partial charge in [0, 0.05) is 32.9 Å². The highest BCUT2D eigenvalue weighted by Crippen LogP contribution is 2.29. The van der Waals surface area contributed by atoms with Crippen molar-refractivity contribution in [3.8, 4) is 5.75 Å². The summed E-state index contributed by atoms with van der Waals surface area (Å²) >= 11 is 0. The van der Waals surface area contributed by atoms with E-state index in [9.17, 15) is 21.6 Å². The van der Waals surface area contributed by atoms with Crippen LogP contribution in [-0.2, 0) is 24.8 Å². The van der Waals surface area contributed by atoms with Gasteiger partial charge in [0.2, 0.25) is 26.0 Å². The molecule has 1 atom stereocenters. The minimum Gasteiger partial charge on any atom is -0.494 e. The number of ether oxygens (including phenoxy) is 1. The minimum absolute atomic E-state index is 0.0508. The van der Waals surface area contributed by atoms with Crippen molar-refractivity contribution in [1.29, 1.82) is 0 Å². The van der Waals surface area contributed by atoms with E-state index in [1.54, 1.807) is 32.0 Å². The number of amides is 1. The van der Waals surface area contributed by atoms with Gasteiger partial charge in [-0.25, -0.2) is 21.1 Å². The van der Waals surface area contributed by atoms with Crippen LogP contribution in [0.1, 0.15) is 30.9 Å². The highest BCUT2D eigenvalue weighted by atomic mass is 32.2. The lowest BCUT2D eigenvalue weighted by Crippen LogP contribution is -2.43. The van der Waals surface area contributed by atoms with Crippen LogP contribution in [0.3, 0.4) is 0 Å². The fourth-order valence-electron chi connectivity index (χ4n) is 3.97. The first kappa shape index (κ1) is 27.1. The van der Waals surface area contributed by atoms with Crippen LogP contribution in [-0.4, -0.2) is 65.1 Å². The van der Waals surface area contributed by atoms with Crippen LogP contribution in [0.2, 0.25) is 0 Å². The summed E-state index contributed by atoms with van der Waals surface area (Å²) in [6.45, 7) is 6.29. The number of benzene rings is 2. The van der Waals surface area contributed by atoms with Crippen LogP contribution in [0, 0.1) is 19.8 Å². The van der Waals surface area contributed by atoms with Crippen molar-refractivity contribution in [3.05, 3.63) is 47.5 Å². The average Bonchev–Trinajstić information content (AvgIpc) is 2.81. The van der Waals surface area contributed by atoms with E-state index in [4.69, 9.17) is 4.74 Å². The molecule has 11 heteroatoms. The number of nitrogens with zero attached hydrogens (tertiary/aromatic N) is 2. The summed E-state index contributed by atoms with van der Waals surface area (Å²) in [6, 6.07) is 9.33. The quantitative estimate of drug-likeness (QED) is 0.569. The largest absolute Gasteiger partial charge is 0.494 e. The molecule has 0 bridgehead atoms. The van der Waals surface area contributed by atoms with Gasteiger partial charge in [0.15, 0.2) is 0 Å². The second-order valence-electron chi connectivity index (χ2n) is 8.82. The molecule has 0 saturated carbocycles. The molecule has 0 unspecified atom stereocenters. The zero-order valence-corrected chi connectivity index (χ0v) is 22.4. The van der Waals surface area contributed by atoms with Gasteiger partial charge in [0.25, 0.3) is 0 Å². The topological polar surface area (TPSA) is 113 Å². The Kier molecular flexibility index (Phi) is 8.25. The molecule has 1 N–H and O–H groups in total. The predicted molar refractivity (Wildman–Crippen MR) is 135 cm³/mol. The third kappa shape index (κ3) is 5.85. The van der Waals surface area contributed by atoms with Gasteiger partial charge in [0.1, 0.15) is 5.75 Å². The average molecular weight is 524 g/mol. The van der Waals surface area contributed by atoms with Crippen molar-refractivity contribution in [2.75, 3.05) is 39.1 Å². The number of hydrogen-bond donors (Lipinski definition) is 1. The van der Waals surface area contributed by atoms with Gasteiger partial charge < -0.3 is 10.1 Å². The van der Waals surface area contributed by atoms with Crippen LogP contribution in [0.25, 0.3) is 0 Å². The van der Waals surface area contributed by atoms with E-state index in [1.807, 2.05) is 6.92 Å². The summed E-state index contributed by atoms with van der Waals surface area (Å²) in [5.74, 6) is -0.262. The first-order chi connectivity index (χ1) is 16.4. The smallest absolute Gasteiger partial charge is 0.243 e. The van der Waals surface area contributed by atoms with Gasteiger partial charge in [-0.2, -0.15) is 4.31 Å². The number of piperidine rings is 1. The Labute approximate surface area is 208 Å². The Bertz CT molecular complexity index is 1310. The van der Waals surface area contributed by atoms with Crippen molar-refractivity contribution in [2.45, 2.75) is 43.4 Å². The van der Waals surface area contributed by atoms with Gasteiger partial charge >= 0.3 is 0 Å². The Balaban J connectivity index is 1.78. The lowest BCUT2D eigenvalue weighted by atomic mass is 9.98. The standard InChI is InChI=1S/C24H33N3O6S2/c1-6-33-23-12-11-20(14-18(23)3)35(31,32)27-13-7-8-19(16-27)24(28)25-22-15-21(10-9-17(22)2)34(29,30)26(4)5/h9-12,14-15,19H,6-8,13,16H2,1-5H3,(H,25,28)/t19-/m1/s1. The Morgan fingerprint density at radius 1 is 1.06 bits per heavy atom. The van der Waals surface area contributed by atoms with Crippen molar-refractivity contribution < 1.29 is 26.4 Å². The van der Waals surface area contributed by atoms with Gasteiger partial charge in [-0.05, 0) is 75.1 Å². The van der Waals surface area contributed by atoms with Crippen LogP contribution in [0.15, 0.2) is 46.2 Å². The summed E-state index contributed by atoms with van der Waals surface area (Å²) in [5, 5.41) is 2.81. The SMILES string of the molecule is CCOc1ccc(S(=O)(=O)N2CCC[C@@H](C(=O)Nc3cc(S(=O)(=O)N(C)C)ccc3C)C2)cc1C. The van der Waals surface area contributed by atoms with E-state index in [2.05, 4.69) is 5.32 Å². The Morgan fingerprint density at radius 3 is 2.37 bits per heavy atom. The number of anilines is 1. The fraction of sp³-hybridized carbons (Fsp3) is 0.458. The molecular formula is C24H33N3O6S2. The van der Waals surface area contributed by atoms with E-state index in [0.29, 0.717) is 43.0 Å². The highest BCUT2D eigenvalue weighted by molar-refractivity contribution is 7.89. The number of carbonyl (C=O) groups excluding carboxylic acids is 1. The molecule has 1 aliphatic heterocycles. The lowest BCUT2D eigenvalue weighted by Gasteiger charge is -2.31. The summed E-state index contributed by atoms with van der Waals surface area (Å²) in [6.07, 6.45) is 1.08. The molecular weight excluding hydrogens is 490 g/mol. The summed E-state index contributed by atoms with van der Waals surface area (Å²) in [4.78, 5) is 13.3. The zero-order chi connectivity index (χ0) is 26.0. The van der Waals surface area contributed by atoms with Crippen molar-refractivity contribution >= 4 is 31.6 Å². The molecule has 0 aromatic heterocycles. The highest BCUT2D eigenvalue weighted by Gasteiger charge is 2.34. The number of nitrogens with one attached hydrogen (secondary N) is 1. The normalized spacial score (nSPS) is 17.4. The number of sulfonamides is 2. The molecule has 0 aliphatic carbocycles. The maximum atomic E-state index is 13.3. The van der Waals surface area contributed by atoms with E-state index >= 15 is 0 Å². The zero-order valence-electron chi connectivity index (χ0n) is 20.7. The van der Waals surface area contributed by atoms with Crippen LogP contribution in [0.5, 0.6) is 5.75 Å². The van der Waals surface area contributed by atoms with Gasteiger partial charge in [0.05, 0.1) is 22.3 Å². The molecule has 2 aromatic carbocycles. The molecule has 1 heterocycles. The van der Waals surface area contributed by atoms with E-state index in [-0.39, 0.29) is 22.2 Å². The second kappa shape index (κ2) is 10.7. The first-order valence-electron chi connectivity index (χ1n) is 11.5. The van der Waals surface area contributed by atoms with Gasteiger partial charge in [-0.1, -0.05) is 6.07 Å². The number of hydrogen-bond acceptors (Lipinski definition) is 6. The molecule has 35 heavy (non-hydrogen) atoms. The van der Waals surface area contributed by atoms with Crippen molar-refractivity contribution in [2.24, 2.45) is 5.92 Å². The van der Waals surface area contributed by atoms with Crippen LogP contribution >= 0.6 is 0 Å². The molecule has 0 spiro atoms. The third-order valence-corrected chi connectivity index (χ3v) is 9.76. The molecule has 9 nitrogen and oxygen atoms in total. The third-order valence-electron chi connectivity index (χ3n) is 6.08. The molecule has 0 radical (unpaired) electrons. The van der Waals surface area contributed by atoms with E-state index in [1.165, 1.54) is 36.6 Å². The number of rotatable bonds is 8. The maximum Gasteiger partial charge on any atom is 0.243 e. The fourth-order valence-corrected chi connectivity index (χ4v) is 6.50. The minimum atomic E-state index is -3.79. The summed E-state index contributed by atoms with van der Waals surface area (Å²) < 4.78 is 59.5. The van der Waals surface area contributed by atoms with Gasteiger partial charge in [-0.15, -0.1) is 0 Å². The number of carbonyl (C=O) groups is 1. The second-order valence-corrected chi connectivity index (χ2v) is 12.9. The molecule has 1 saturated heterocycles. The number of aryl methyl sites for hydroxylation is 2. The Hall–Kier alpha value is -2.47.